The highest BCUT2D eigenvalue weighted by atomic mass is 16.4. The van der Waals surface area contributed by atoms with E-state index in [0.717, 1.165) is 28.1 Å². The standard InChI is InChI=1S/C22H22N4O3/c1-14-3-4-16(11-24-14)12-25-21(27)20-9-17(13-26-22(28)29)8-19(10-20)18-5-6-23-15(2)7-18/h3-11,26H,12-13H2,1-2H3,(H,25,27)(H,28,29). The average Bonchev–Trinajstić information content (AvgIpc) is 2.71. The van der Waals surface area contributed by atoms with E-state index in [2.05, 4.69) is 20.6 Å². The van der Waals surface area contributed by atoms with Crippen molar-refractivity contribution in [3.63, 3.8) is 0 Å². The summed E-state index contributed by atoms with van der Waals surface area (Å²) < 4.78 is 0. The van der Waals surface area contributed by atoms with Gasteiger partial charge in [-0.2, -0.15) is 0 Å². The third-order valence-corrected chi connectivity index (χ3v) is 4.35. The van der Waals surface area contributed by atoms with Crippen LogP contribution in [0.2, 0.25) is 0 Å². The van der Waals surface area contributed by atoms with Crippen molar-refractivity contribution < 1.29 is 14.7 Å². The molecule has 148 valence electrons. The molecule has 2 amide bonds. The molecule has 29 heavy (non-hydrogen) atoms. The Hall–Kier alpha value is -3.74. The van der Waals surface area contributed by atoms with Gasteiger partial charge < -0.3 is 15.7 Å². The van der Waals surface area contributed by atoms with Crippen LogP contribution >= 0.6 is 0 Å². The van der Waals surface area contributed by atoms with Gasteiger partial charge in [-0.25, -0.2) is 4.79 Å². The van der Waals surface area contributed by atoms with E-state index in [-0.39, 0.29) is 12.5 Å². The van der Waals surface area contributed by atoms with Crippen molar-refractivity contribution in [3.05, 3.63) is 82.9 Å². The van der Waals surface area contributed by atoms with Crippen molar-refractivity contribution >= 4 is 12.0 Å². The van der Waals surface area contributed by atoms with Gasteiger partial charge in [-0.3, -0.25) is 14.8 Å². The first-order chi connectivity index (χ1) is 13.9. The summed E-state index contributed by atoms with van der Waals surface area (Å²) in [6.45, 7) is 4.26. The van der Waals surface area contributed by atoms with E-state index < -0.39 is 6.09 Å². The van der Waals surface area contributed by atoms with Gasteiger partial charge in [-0.15, -0.1) is 0 Å². The maximum absolute atomic E-state index is 12.7. The molecule has 3 N–H and O–H groups in total. The maximum atomic E-state index is 12.7. The topological polar surface area (TPSA) is 104 Å². The van der Waals surface area contributed by atoms with Crippen LogP contribution in [0.4, 0.5) is 4.79 Å². The van der Waals surface area contributed by atoms with Crippen LogP contribution in [0.1, 0.15) is 32.9 Å². The van der Waals surface area contributed by atoms with Gasteiger partial charge in [0, 0.05) is 42.4 Å². The zero-order valence-electron chi connectivity index (χ0n) is 16.3. The van der Waals surface area contributed by atoms with Gasteiger partial charge in [0.15, 0.2) is 0 Å². The van der Waals surface area contributed by atoms with Crippen molar-refractivity contribution in [3.8, 4) is 11.1 Å². The van der Waals surface area contributed by atoms with Crippen molar-refractivity contribution in [1.29, 1.82) is 0 Å². The number of nitrogens with zero attached hydrogens (tertiary/aromatic N) is 2. The summed E-state index contributed by atoms with van der Waals surface area (Å²) in [5.74, 6) is -0.241. The number of nitrogens with one attached hydrogen (secondary N) is 2. The molecule has 0 aliphatic rings. The van der Waals surface area contributed by atoms with Crippen molar-refractivity contribution in [1.82, 2.24) is 20.6 Å². The Morgan fingerprint density at radius 3 is 2.34 bits per heavy atom. The molecule has 0 fully saturated rings. The number of hydrogen-bond donors (Lipinski definition) is 3. The summed E-state index contributed by atoms with van der Waals surface area (Å²) in [6, 6.07) is 12.9. The first-order valence-corrected chi connectivity index (χ1v) is 9.14. The predicted molar refractivity (Wildman–Crippen MR) is 109 cm³/mol. The quantitative estimate of drug-likeness (QED) is 0.598. The lowest BCUT2D eigenvalue weighted by atomic mass is 9.99. The number of aromatic nitrogens is 2. The molecule has 0 saturated carbocycles. The molecule has 3 rings (SSSR count). The molecule has 2 aromatic heterocycles. The Balaban J connectivity index is 1.86. The Morgan fingerprint density at radius 2 is 1.66 bits per heavy atom. The minimum Gasteiger partial charge on any atom is -0.465 e. The van der Waals surface area contributed by atoms with Crippen molar-refractivity contribution in [2.75, 3.05) is 0 Å². The van der Waals surface area contributed by atoms with Gasteiger partial charge in [0.05, 0.1) is 0 Å². The van der Waals surface area contributed by atoms with Gasteiger partial charge in [0.2, 0.25) is 0 Å². The van der Waals surface area contributed by atoms with Crippen LogP contribution in [-0.4, -0.2) is 27.1 Å². The SMILES string of the molecule is Cc1ccc(CNC(=O)c2cc(CNC(=O)O)cc(-c3ccnc(C)c3)c2)cn1. The van der Waals surface area contributed by atoms with E-state index in [1.165, 1.54) is 0 Å². The molecule has 0 aliphatic heterocycles. The summed E-state index contributed by atoms with van der Waals surface area (Å²) in [5.41, 5.74) is 5.55. The second-order valence-electron chi connectivity index (χ2n) is 6.75. The highest BCUT2D eigenvalue weighted by Gasteiger charge is 2.11. The van der Waals surface area contributed by atoms with Crippen LogP contribution in [0, 0.1) is 13.8 Å². The monoisotopic (exact) mass is 390 g/mol. The molecule has 0 spiro atoms. The Kier molecular flexibility index (Phi) is 6.19. The lowest BCUT2D eigenvalue weighted by Gasteiger charge is -2.11. The molecule has 2 heterocycles. The molecule has 0 saturated heterocycles. The molecular weight excluding hydrogens is 368 g/mol. The molecule has 0 bridgehead atoms. The predicted octanol–water partition coefficient (Wildman–Crippen LogP) is 3.46. The number of carbonyl (C=O) groups is 2. The van der Waals surface area contributed by atoms with E-state index in [1.807, 2.05) is 44.2 Å². The van der Waals surface area contributed by atoms with E-state index in [4.69, 9.17) is 5.11 Å². The molecule has 1 aromatic carbocycles. The molecule has 0 unspecified atom stereocenters. The Labute approximate surface area is 168 Å². The normalized spacial score (nSPS) is 10.4. The Morgan fingerprint density at radius 1 is 0.862 bits per heavy atom. The van der Waals surface area contributed by atoms with E-state index in [0.29, 0.717) is 17.7 Å². The summed E-state index contributed by atoms with van der Waals surface area (Å²) in [7, 11) is 0. The Bertz CT molecular complexity index is 1030. The number of carbonyl (C=O) groups excluding carboxylic acids is 1. The fourth-order valence-electron chi connectivity index (χ4n) is 2.88. The van der Waals surface area contributed by atoms with Crippen LogP contribution in [0.25, 0.3) is 11.1 Å². The molecule has 0 radical (unpaired) electrons. The molecule has 0 aliphatic carbocycles. The van der Waals surface area contributed by atoms with Crippen LogP contribution in [-0.2, 0) is 13.1 Å². The summed E-state index contributed by atoms with van der Waals surface area (Å²) >= 11 is 0. The highest BCUT2D eigenvalue weighted by Crippen LogP contribution is 2.23. The molecule has 7 heteroatoms. The molecular formula is C22H22N4O3. The van der Waals surface area contributed by atoms with Crippen LogP contribution < -0.4 is 10.6 Å². The van der Waals surface area contributed by atoms with Crippen LogP contribution in [0.15, 0.2) is 54.9 Å². The van der Waals surface area contributed by atoms with E-state index in [1.54, 1.807) is 24.5 Å². The fraction of sp³-hybridized carbons (Fsp3) is 0.182. The molecule has 7 nitrogen and oxygen atoms in total. The smallest absolute Gasteiger partial charge is 0.404 e. The number of aryl methyl sites for hydroxylation is 2. The first kappa shape index (κ1) is 20.0. The third kappa shape index (κ3) is 5.62. The number of carboxylic acid groups (broad SMARTS) is 1. The second-order valence-corrected chi connectivity index (χ2v) is 6.75. The average molecular weight is 390 g/mol. The first-order valence-electron chi connectivity index (χ1n) is 9.14. The van der Waals surface area contributed by atoms with Crippen LogP contribution in [0.3, 0.4) is 0 Å². The number of hydrogen-bond acceptors (Lipinski definition) is 4. The zero-order chi connectivity index (χ0) is 20.8. The third-order valence-electron chi connectivity index (χ3n) is 4.35. The number of amides is 2. The second kappa shape index (κ2) is 8.97. The number of pyridine rings is 2. The lowest BCUT2D eigenvalue weighted by Crippen LogP contribution is -2.24. The van der Waals surface area contributed by atoms with Crippen molar-refractivity contribution in [2.45, 2.75) is 26.9 Å². The molecule has 3 aromatic rings. The minimum atomic E-state index is -1.12. The largest absolute Gasteiger partial charge is 0.465 e. The van der Waals surface area contributed by atoms with Crippen LogP contribution in [0.5, 0.6) is 0 Å². The lowest BCUT2D eigenvalue weighted by molar-refractivity contribution is 0.0951. The van der Waals surface area contributed by atoms with Gasteiger partial charge >= 0.3 is 6.09 Å². The highest BCUT2D eigenvalue weighted by molar-refractivity contribution is 5.95. The zero-order valence-corrected chi connectivity index (χ0v) is 16.3. The fourth-order valence-corrected chi connectivity index (χ4v) is 2.88. The summed E-state index contributed by atoms with van der Waals surface area (Å²) in [6.07, 6.45) is 2.32. The van der Waals surface area contributed by atoms with Gasteiger partial charge in [-0.05, 0) is 72.5 Å². The number of rotatable bonds is 6. The molecule has 0 atom stereocenters. The van der Waals surface area contributed by atoms with E-state index >= 15 is 0 Å². The maximum Gasteiger partial charge on any atom is 0.404 e. The van der Waals surface area contributed by atoms with Crippen molar-refractivity contribution in [2.24, 2.45) is 0 Å². The van der Waals surface area contributed by atoms with E-state index in [9.17, 15) is 9.59 Å². The minimum absolute atomic E-state index is 0.107. The summed E-state index contributed by atoms with van der Waals surface area (Å²) in [4.78, 5) is 32.0. The van der Waals surface area contributed by atoms with Gasteiger partial charge in [0.1, 0.15) is 0 Å². The van der Waals surface area contributed by atoms with Gasteiger partial charge in [-0.1, -0.05) is 6.07 Å². The van der Waals surface area contributed by atoms with Gasteiger partial charge in [0.25, 0.3) is 5.91 Å². The number of benzene rings is 1. The summed E-state index contributed by atoms with van der Waals surface area (Å²) in [5, 5.41) is 14.1.